The van der Waals surface area contributed by atoms with Crippen molar-refractivity contribution < 1.29 is 14.3 Å². The van der Waals surface area contributed by atoms with Crippen molar-refractivity contribution in [3.63, 3.8) is 0 Å². The number of rotatable bonds is 3. The Bertz CT molecular complexity index is 741. The zero-order valence-electron chi connectivity index (χ0n) is 14.1. The number of ether oxygens (including phenoxy) is 1. The molecular weight excluding hydrogens is 318 g/mol. The third kappa shape index (κ3) is 3.91. The molecule has 2 aromatic carbocycles. The van der Waals surface area contributed by atoms with Gasteiger partial charge in [-0.05, 0) is 24.3 Å². The van der Waals surface area contributed by atoms with Gasteiger partial charge in [-0.15, -0.1) is 0 Å². The summed E-state index contributed by atoms with van der Waals surface area (Å²) in [7, 11) is 1.65. The van der Waals surface area contributed by atoms with Crippen molar-refractivity contribution in [1.82, 2.24) is 10.2 Å². The number of hydrogen-bond donors (Lipinski definition) is 1. The monoisotopic (exact) mass is 339 g/mol. The molecule has 1 fully saturated rings. The molecule has 3 amide bonds. The lowest BCUT2D eigenvalue weighted by atomic mass is 10.2. The molecule has 1 aliphatic heterocycles. The van der Waals surface area contributed by atoms with Crippen LogP contribution in [0.2, 0.25) is 0 Å². The fourth-order valence-corrected chi connectivity index (χ4v) is 2.88. The summed E-state index contributed by atoms with van der Waals surface area (Å²) < 4.78 is 5.40. The number of amides is 3. The maximum Gasteiger partial charge on any atom is 0.324 e. The van der Waals surface area contributed by atoms with Crippen molar-refractivity contribution >= 4 is 17.6 Å². The van der Waals surface area contributed by atoms with E-state index in [2.05, 4.69) is 10.2 Å². The molecule has 0 atom stereocenters. The molecule has 1 N–H and O–H groups in total. The van der Waals surface area contributed by atoms with E-state index in [1.54, 1.807) is 36.3 Å². The highest BCUT2D eigenvalue weighted by molar-refractivity contribution is 6.04. The molecule has 1 saturated heterocycles. The number of benzene rings is 2. The minimum atomic E-state index is -0.377. The molecule has 0 unspecified atom stereocenters. The molecule has 0 aromatic heterocycles. The van der Waals surface area contributed by atoms with Gasteiger partial charge >= 0.3 is 6.03 Å². The normalized spacial score (nSPS) is 14.1. The number of imide groups is 1. The van der Waals surface area contributed by atoms with Gasteiger partial charge < -0.3 is 14.5 Å². The molecule has 130 valence electrons. The molecule has 3 rings (SSSR count). The van der Waals surface area contributed by atoms with Crippen LogP contribution in [0.3, 0.4) is 0 Å². The number of anilines is 1. The second-order valence-electron chi connectivity index (χ2n) is 5.77. The van der Waals surface area contributed by atoms with Crippen LogP contribution in [0.25, 0.3) is 0 Å². The molecule has 0 bridgehead atoms. The lowest BCUT2D eigenvalue weighted by Gasteiger charge is -2.36. The van der Waals surface area contributed by atoms with Crippen molar-refractivity contribution in [2.45, 2.75) is 0 Å². The zero-order chi connectivity index (χ0) is 17.6. The molecule has 0 aliphatic carbocycles. The van der Waals surface area contributed by atoms with Crippen LogP contribution in [0.5, 0.6) is 5.75 Å². The van der Waals surface area contributed by atoms with Crippen LogP contribution in [-0.4, -0.2) is 50.1 Å². The highest BCUT2D eigenvalue weighted by Gasteiger charge is 2.24. The van der Waals surface area contributed by atoms with Gasteiger partial charge in [0.1, 0.15) is 5.75 Å². The predicted molar refractivity (Wildman–Crippen MR) is 96.1 cm³/mol. The van der Waals surface area contributed by atoms with Gasteiger partial charge in [0, 0.05) is 31.7 Å². The van der Waals surface area contributed by atoms with E-state index >= 15 is 0 Å². The summed E-state index contributed by atoms with van der Waals surface area (Å²) >= 11 is 0. The fraction of sp³-hybridized carbons (Fsp3) is 0.263. The Kier molecular flexibility index (Phi) is 5.18. The topological polar surface area (TPSA) is 61.9 Å². The predicted octanol–water partition coefficient (Wildman–Crippen LogP) is 2.37. The highest BCUT2D eigenvalue weighted by atomic mass is 16.5. The number of para-hydroxylation sites is 2. The van der Waals surface area contributed by atoms with E-state index in [0.29, 0.717) is 31.7 Å². The molecule has 0 radical (unpaired) electrons. The summed E-state index contributed by atoms with van der Waals surface area (Å²) in [6.45, 7) is 2.47. The van der Waals surface area contributed by atoms with Crippen molar-refractivity contribution in [2.24, 2.45) is 0 Å². The minimum Gasteiger partial charge on any atom is -0.495 e. The maximum absolute atomic E-state index is 12.3. The third-order valence-corrected chi connectivity index (χ3v) is 4.25. The summed E-state index contributed by atoms with van der Waals surface area (Å²) in [5.74, 6) is 0.442. The Morgan fingerprint density at radius 2 is 1.56 bits per heavy atom. The smallest absolute Gasteiger partial charge is 0.324 e. The first-order chi connectivity index (χ1) is 12.2. The van der Waals surface area contributed by atoms with Gasteiger partial charge in [0.2, 0.25) is 0 Å². The molecule has 25 heavy (non-hydrogen) atoms. The van der Waals surface area contributed by atoms with Crippen molar-refractivity contribution in [1.29, 1.82) is 0 Å². The van der Waals surface area contributed by atoms with Crippen LogP contribution in [-0.2, 0) is 0 Å². The van der Waals surface area contributed by atoms with Gasteiger partial charge in [-0.1, -0.05) is 30.3 Å². The average Bonchev–Trinajstić information content (AvgIpc) is 2.68. The van der Waals surface area contributed by atoms with Crippen LogP contribution in [0, 0.1) is 0 Å². The van der Waals surface area contributed by atoms with Gasteiger partial charge in [0.05, 0.1) is 12.8 Å². The summed E-state index contributed by atoms with van der Waals surface area (Å²) in [5.41, 5.74) is 1.49. The molecule has 6 nitrogen and oxygen atoms in total. The van der Waals surface area contributed by atoms with E-state index in [1.165, 1.54) is 0 Å². The quantitative estimate of drug-likeness (QED) is 0.933. The number of carbonyl (C=O) groups excluding carboxylic acids is 2. The Morgan fingerprint density at radius 3 is 2.24 bits per heavy atom. The lowest BCUT2D eigenvalue weighted by molar-refractivity contribution is 0.0951. The SMILES string of the molecule is COc1ccccc1N1CCN(C(=O)NC(=O)c2ccccc2)CC1. The average molecular weight is 339 g/mol. The summed E-state index contributed by atoms with van der Waals surface area (Å²) in [6.07, 6.45) is 0. The number of methoxy groups -OCH3 is 1. The first kappa shape index (κ1) is 16.8. The first-order valence-electron chi connectivity index (χ1n) is 8.22. The molecule has 6 heteroatoms. The van der Waals surface area contributed by atoms with Crippen LogP contribution in [0.15, 0.2) is 54.6 Å². The number of piperazine rings is 1. The summed E-state index contributed by atoms with van der Waals surface area (Å²) in [6, 6.07) is 16.2. The van der Waals surface area contributed by atoms with Crippen LogP contribution < -0.4 is 15.0 Å². The fourth-order valence-electron chi connectivity index (χ4n) is 2.88. The maximum atomic E-state index is 12.3. The van der Waals surface area contributed by atoms with E-state index < -0.39 is 0 Å². The second kappa shape index (κ2) is 7.70. The van der Waals surface area contributed by atoms with E-state index in [9.17, 15) is 9.59 Å². The molecule has 1 aliphatic rings. The van der Waals surface area contributed by atoms with E-state index in [0.717, 1.165) is 11.4 Å². The van der Waals surface area contributed by atoms with E-state index in [4.69, 9.17) is 4.74 Å². The number of nitrogens with one attached hydrogen (secondary N) is 1. The summed E-state index contributed by atoms with van der Waals surface area (Å²) in [5, 5.41) is 2.45. The van der Waals surface area contributed by atoms with Crippen molar-refractivity contribution in [3.05, 3.63) is 60.2 Å². The van der Waals surface area contributed by atoms with Gasteiger partial charge in [-0.3, -0.25) is 10.1 Å². The molecule has 0 saturated carbocycles. The minimum absolute atomic E-state index is 0.353. The molecule has 1 heterocycles. The molecule has 2 aromatic rings. The number of nitrogens with zero attached hydrogens (tertiary/aromatic N) is 2. The van der Waals surface area contributed by atoms with Gasteiger partial charge in [-0.2, -0.15) is 0 Å². The van der Waals surface area contributed by atoms with Gasteiger partial charge in [0.25, 0.3) is 5.91 Å². The van der Waals surface area contributed by atoms with Gasteiger partial charge in [0.15, 0.2) is 0 Å². The number of hydrogen-bond acceptors (Lipinski definition) is 4. The Balaban J connectivity index is 1.57. The Hall–Kier alpha value is -3.02. The molecular formula is C19H21N3O3. The summed E-state index contributed by atoms with van der Waals surface area (Å²) in [4.78, 5) is 28.2. The molecule has 0 spiro atoms. The standard InChI is InChI=1S/C19H21N3O3/c1-25-17-10-6-5-9-16(17)21-11-13-22(14-12-21)19(24)20-18(23)15-7-3-2-4-8-15/h2-10H,11-14H2,1H3,(H,20,23,24). The Labute approximate surface area is 147 Å². The van der Waals surface area contributed by atoms with Crippen molar-refractivity contribution in [3.8, 4) is 5.75 Å². The van der Waals surface area contributed by atoms with Gasteiger partial charge in [-0.25, -0.2) is 4.79 Å². The Morgan fingerprint density at radius 1 is 0.920 bits per heavy atom. The number of carbonyl (C=O) groups is 2. The van der Waals surface area contributed by atoms with Crippen molar-refractivity contribution in [2.75, 3.05) is 38.2 Å². The third-order valence-electron chi connectivity index (χ3n) is 4.25. The van der Waals surface area contributed by atoms with E-state index in [1.807, 2.05) is 30.3 Å². The zero-order valence-corrected chi connectivity index (χ0v) is 14.1. The lowest BCUT2D eigenvalue weighted by Crippen LogP contribution is -2.52. The van der Waals surface area contributed by atoms with Crippen LogP contribution in [0.1, 0.15) is 10.4 Å². The second-order valence-corrected chi connectivity index (χ2v) is 5.77. The van der Waals surface area contributed by atoms with Crippen LogP contribution >= 0.6 is 0 Å². The van der Waals surface area contributed by atoms with E-state index in [-0.39, 0.29) is 11.9 Å². The largest absolute Gasteiger partial charge is 0.495 e. The highest BCUT2D eigenvalue weighted by Crippen LogP contribution is 2.28. The van der Waals surface area contributed by atoms with Crippen LogP contribution in [0.4, 0.5) is 10.5 Å². The number of urea groups is 1. The first-order valence-corrected chi connectivity index (χ1v) is 8.22.